The Morgan fingerprint density at radius 1 is 1.16 bits per heavy atom. The molecule has 3 heteroatoms. The third-order valence-corrected chi connectivity index (χ3v) is 3.63. The molecule has 1 aliphatic heterocycles. The van der Waals surface area contributed by atoms with Crippen molar-refractivity contribution in [2.75, 3.05) is 10.6 Å². The van der Waals surface area contributed by atoms with Crippen LogP contribution in [-0.4, -0.2) is 5.91 Å². The topological polar surface area (TPSA) is 46.3 Å². The third kappa shape index (κ3) is 1.87. The number of rotatable bonds is 2. The average molecular weight is 252 g/mol. The number of fused-ring (bicyclic) bond motifs is 1. The number of carbonyl (C=O) groups excluding carboxylic acids is 1. The Labute approximate surface area is 112 Å². The van der Waals surface area contributed by atoms with Crippen LogP contribution in [0, 0.1) is 0 Å². The molecule has 0 atom stereocenters. The number of benzene rings is 2. The summed E-state index contributed by atoms with van der Waals surface area (Å²) in [7, 11) is 0. The van der Waals surface area contributed by atoms with Crippen LogP contribution in [-0.2, 0) is 13.0 Å². The summed E-state index contributed by atoms with van der Waals surface area (Å²) in [5.41, 5.74) is 10.3. The molecule has 0 unspecified atom stereocenters. The number of amides is 1. The molecule has 2 aromatic carbocycles. The first-order valence-electron chi connectivity index (χ1n) is 6.49. The van der Waals surface area contributed by atoms with Gasteiger partial charge in [-0.15, -0.1) is 0 Å². The summed E-state index contributed by atoms with van der Waals surface area (Å²) in [5, 5.41) is 0. The van der Waals surface area contributed by atoms with Crippen LogP contribution in [0.4, 0.5) is 11.4 Å². The largest absolute Gasteiger partial charge is 0.398 e. The molecule has 0 saturated carbocycles. The second-order valence-corrected chi connectivity index (χ2v) is 4.79. The molecular formula is C16H16N2O. The monoisotopic (exact) mass is 252 g/mol. The molecule has 2 N–H and O–H groups in total. The van der Waals surface area contributed by atoms with E-state index >= 15 is 0 Å². The molecule has 3 rings (SSSR count). The second-order valence-electron chi connectivity index (χ2n) is 4.79. The third-order valence-electron chi connectivity index (χ3n) is 3.63. The van der Waals surface area contributed by atoms with E-state index in [2.05, 4.69) is 19.1 Å². The number of nitrogen functional groups attached to an aromatic ring is 1. The summed E-state index contributed by atoms with van der Waals surface area (Å²) in [6.07, 6.45) is 1.00. The van der Waals surface area contributed by atoms with Crippen LogP contribution in [0.2, 0.25) is 0 Å². The van der Waals surface area contributed by atoms with Crippen molar-refractivity contribution in [3.63, 3.8) is 0 Å². The molecule has 0 aliphatic carbocycles. The van der Waals surface area contributed by atoms with Gasteiger partial charge < -0.3 is 10.6 Å². The second kappa shape index (κ2) is 4.43. The van der Waals surface area contributed by atoms with Crippen molar-refractivity contribution in [1.29, 1.82) is 0 Å². The van der Waals surface area contributed by atoms with Gasteiger partial charge in [0.25, 0.3) is 5.91 Å². The Morgan fingerprint density at radius 2 is 1.89 bits per heavy atom. The standard InChI is InChI=1S/C16H16N2O/c1-2-11-6-8-13(9-7-11)18-10-12-4-3-5-14(17)15(12)16(18)19/h3-9H,2,10,17H2,1H3. The van der Waals surface area contributed by atoms with E-state index in [1.165, 1.54) is 5.56 Å². The summed E-state index contributed by atoms with van der Waals surface area (Å²) < 4.78 is 0. The van der Waals surface area contributed by atoms with Crippen molar-refractivity contribution in [2.24, 2.45) is 0 Å². The first kappa shape index (κ1) is 11.8. The smallest absolute Gasteiger partial charge is 0.261 e. The summed E-state index contributed by atoms with van der Waals surface area (Å²) in [5.74, 6) is -0.00246. The van der Waals surface area contributed by atoms with E-state index in [0.717, 1.165) is 17.7 Å². The predicted octanol–water partition coefficient (Wildman–Crippen LogP) is 2.99. The van der Waals surface area contributed by atoms with E-state index < -0.39 is 0 Å². The van der Waals surface area contributed by atoms with Gasteiger partial charge in [-0.1, -0.05) is 31.2 Å². The first-order chi connectivity index (χ1) is 9.20. The molecule has 0 fully saturated rings. The first-order valence-corrected chi connectivity index (χ1v) is 6.49. The van der Waals surface area contributed by atoms with Crippen molar-refractivity contribution < 1.29 is 4.79 Å². The van der Waals surface area contributed by atoms with Crippen LogP contribution in [0.1, 0.15) is 28.4 Å². The number of hydrogen-bond acceptors (Lipinski definition) is 2. The molecule has 96 valence electrons. The van der Waals surface area contributed by atoms with Gasteiger partial charge in [0.15, 0.2) is 0 Å². The molecule has 1 amide bonds. The Balaban J connectivity index is 1.97. The molecule has 1 aliphatic rings. The Morgan fingerprint density at radius 3 is 2.53 bits per heavy atom. The number of hydrogen-bond donors (Lipinski definition) is 1. The lowest BCUT2D eigenvalue weighted by molar-refractivity contribution is 0.0997. The van der Waals surface area contributed by atoms with Crippen LogP contribution >= 0.6 is 0 Å². The molecule has 3 nitrogen and oxygen atoms in total. The highest BCUT2D eigenvalue weighted by Crippen LogP contribution is 2.31. The highest BCUT2D eigenvalue weighted by molar-refractivity contribution is 6.13. The molecule has 0 saturated heterocycles. The summed E-state index contributed by atoms with van der Waals surface area (Å²) in [6.45, 7) is 2.72. The lowest BCUT2D eigenvalue weighted by atomic mass is 10.1. The highest BCUT2D eigenvalue weighted by atomic mass is 16.2. The van der Waals surface area contributed by atoms with E-state index in [0.29, 0.717) is 17.8 Å². The Bertz CT molecular complexity index is 632. The predicted molar refractivity (Wildman–Crippen MR) is 77.2 cm³/mol. The summed E-state index contributed by atoms with van der Waals surface area (Å²) in [4.78, 5) is 14.2. The number of anilines is 2. The maximum atomic E-state index is 12.4. The molecule has 2 aromatic rings. The lowest BCUT2D eigenvalue weighted by Crippen LogP contribution is -2.23. The molecule has 1 heterocycles. The van der Waals surface area contributed by atoms with Gasteiger partial charge >= 0.3 is 0 Å². The van der Waals surface area contributed by atoms with Gasteiger partial charge in [0.05, 0.1) is 12.1 Å². The van der Waals surface area contributed by atoms with Gasteiger partial charge in [0.1, 0.15) is 0 Å². The van der Waals surface area contributed by atoms with E-state index in [1.54, 1.807) is 11.0 Å². The number of nitrogens with zero attached hydrogens (tertiary/aromatic N) is 1. The van der Waals surface area contributed by atoms with Crippen LogP contribution in [0.5, 0.6) is 0 Å². The van der Waals surface area contributed by atoms with E-state index in [9.17, 15) is 4.79 Å². The van der Waals surface area contributed by atoms with Crippen LogP contribution in [0.25, 0.3) is 0 Å². The highest BCUT2D eigenvalue weighted by Gasteiger charge is 2.29. The SMILES string of the molecule is CCc1ccc(N2Cc3cccc(N)c3C2=O)cc1. The number of carbonyl (C=O) groups is 1. The maximum Gasteiger partial charge on any atom is 0.261 e. The zero-order valence-corrected chi connectivity index (χ0v) is 10.9. The molecule has 0 spiro atoms. The molecule has 0 bridgehead atoms. The average Bonchev–Trinajstić information content (AvgIpc) is 2.78. The molecular weight excluding hydrogens is 236 g/mol. The van der Waals surface area contributed by atoms with Gasteiger partial charge in [-0.3, -0.25) is 4.79 Å². The number of nitrogens with two attached hydrogens (primary N) is 1. The fourth-order valence-electron chi connectivity index (χ4n) is 2.51. The van der Waals surface area contributed by atoms with Crippen molar-refractivity contribution in [3.8, 4) is 0 Å². The van der Waals surface area contributed by atoms with Crippen LogP contribution < -0.4 is 10.6 Å². The van der Waals surface area contributed by atoms with Crippen molar-refractivity contribution in [3.05, 3.63) is 59.2 Å². The minimum atomic E-state index is -0.00246. The van der Waals surface area contributed by atoms with Crippen molar-refractivity contribution in [1.82, 2.24) is 0 Å². The summed E-state index contributed by atoms with van der Waals surface area (Å²) in [6, 6.07) is 13.8. The van der Waals surface area contributed by atoms with Crippen LogP contribution in [0.15, 0.2) is 42.5 Å². The van der Waals surface area contributed by atoms with Gasteiger partial charge in [0.2, 0.25) is 0 Å². The lowest BCUT2D eigenvalue weighted by Gasteiger charge is -2.16. The van der Waals surface area contributed by atoms with E-state index in [4.69, 9.17) is 5.73 Å². The van der Waals surface area contributed by atoms with Gasteiger partial charge in [0, 0.05) is 11.4 Å². The van der Waals surface area contributed by atoms with Gasteiger partial charge in [-0.25, -0.2) is 0 Å². The molecule has 19 heavy (non-hydrogen) atoms. The van der Waals surface area contributed by atoms with Gasteiger partial charge in [-0.05, 0) is 35.7 Å². The quantitative estimate of drug-likeness (QED) is 0.835. The van der Waals surface area contributed by atoms with Crippen molar-refractivity contribution >= 4 is 17.3 Å². The summed E-state index contributed by atoms with van der Waals surface area (Å²) >= 11 is 0. The minimum absolute atomic E-state index is 0.00246. The Hall–Kier alpha value is -2.29. The Kier molecular flexibility index (Phi) is 2.75. The van der Waals surface area contributed by atoms with Crippen LogP contribution in [0.3, 0.4) is 0 Å². The normalized spacial score (nSPS) is 13.7. The zero-order chi connectivity index (χ0) is 13.4. The van der Waals surface area contributed by atoms with E-state index in [-0.39, 0.29) is 5.91 Å². The maximum absolute atomic E-state index is 12.4. The van der Waals surface area contributed by atoms with E-state index in [1.807, 2.05) is 24.3 Å². The van der Waals surface area contributed by atoms with Gasteiger partial charge in [-0.2, -0.15) is 0 Å². The number of aryl methyl sites for hydroxylation is 1. The fraction of sp³-hybridized carbons (Fsp3) is 0.188. The fourth-order valence-corrected chi connectivity index (χ4v) is 2.51. The zero-order valence-electron chi connectivity index (χ0n) is 10.9. The molecule has 0 aromatic heterocycles. The van der Waals surface area contributed by atoms with Crippen molar-refractivity contribution in [2.45, 2.75) is 19.9 Å². The minimum Gasteiger partial charge on any atom is -0.398 e. The molecule has 0 radical (unpaired) electrons.